The van der Waals surface area contributed by atoms with Crippen LogP contribution in [0, 0.1) is 12.7 Å². The van der Waals surface area contributed by atoms with E-state index in [1.54, 1.807) is 29.4 Å². The third-order valence-electron chi connectivity index (χ3n) is 4.83. The number of furan rings is 1. The number of anilines is 2. The van der Waals surface area contributed by atoms with Crippen molar-refractivity contribution in [3.63, 3.8) is 0 Å². The number of carbonyl (C=O) groups excluding carboxylic acids is 1. The van der Waals surface area contributed by atoms with Gasteiger partial charge in [0.1, 0.15) is 17.3 Å². The highest BCUT2D eigenvalue weighted by atomic mass is 19.1. The van der Waals surface area contributed by atoms with E-state index in [0.29, 0.717) is 44.4 Å². The fourth-order valence-electron chi connectivity index (χ4n) is 3.32. The van der Waals surface area contributed by atoms with Gasteiger partial charge in [0.2, 0.25) is 5.95 Å². The quantitative estimate of drug-likeness (QED) is 0.716. The normalized spacial score (nSPS) is 14.1. The molecule has 1 aliphatic rings. The average Bonchev–Trinajstić information content (AvgIpc) is 3.26. The summed E-state index contributed by atoms with van der Waals surface area (Å²) in [5.74, 6) is 0.794. The molecule has 0 atom stereocenters. The zero-order valence-electron chi connectivity index (χ0n) is 16.1. The van der Waals surface area contributed by atoms with Crippen molar-refractivity contribution < 1.29 is 13.6 Å². The number of piperazine rings is 1. The molecule has 0 aliphatic carbocycles. The average molecular weight is 395 g/mol. The van der Waals surface area contributed by atoms with Gasteiger partial charge in [-0.1, -0.05) is 0 Å². The summed E-state index contributed by atoms with van der Waals surface area (Å²) in [7, 11) is 0. The van der Waals surface area contributed by atoms with Gasteiger partial charge in [-0.3, -0.25) is 4.79 Å². The molecule has 3 aromatic rings. The summed E-state index contributed by atoms with van der Waals surface area (Å²) < 4.78 is 18.4. The van der Waals surface area contributed by atoms with Crippen LogP contribution in [0.4, 0.5) is 16.0 Å². The summed E-state index contributed by atoms with van der Waals surface area (Å²) in [6, 6.07) is 11.8. The molecule has 1 aliphatic heterocycles. The number of nitrogens with one attached hydrogen (secondary N) is 1. The zero-order chi connectivity index (χ0) is 20.2. The van der Waals surface area contributed by atoms with Gasteiger partial charge in [-0.2, -0.15) is 0 Å². The molecule has 2 aromatic heterocycles. The standard InChI is InChI=1S/C21H22FN5O2/c1-15-13-19(25-21(24-15)23-14-18-3-2-12-29-18)20(28)27-10-8-26(9-11-27)17-6-4-16(22)5-7-17/h2-7,12-13H,8-11,14H2,1H3,(H,23,24,25). The van der Waals surface area contributed by atoms with Gasteiger partial charge in [-0.05, 0) is 49.4 Å². The van der Waals surface area contributed by atoms with Crippen molar-refractivity contribution in [3.05, 3.63) is 71.7 Å². The van der Waals surface area contributed by atoms with Gasteiger partial charge in [-0.15, -0.1) is 0 Å². The minimum atomic E-state index is -0.252. The predicted molar refractivity (Wildman–Crippen MR) is 107 cm³/mol. The first kappa shape index (κ1) is 18.9. The van der Waals surface area contributed by atoms with E-state index in [0.717, 1.165) is 17.1 Å². The Morgan fingerprint density at radius 1 is 1.14 bits per heavy atom. The van der Waals surface area contributed by atoms with Gasteiger partial charge in [0.15, 0.2) is 0 Å². The summed E-state index contributed by atoms with van der Waals surface area (Å²) in [4.78, 5) is 25.6. The number of hydrogen-bond acceptors (Lipinski definition) is 6. The number of amides is 1. The summed E-state index contributed by atoms with van der Waals surface area (Å²) >= 11 is 0. The molecular weight excluding hydrogens is 373 g/mol. The Labute approximate surface area is 168 Å². The fourth-order valence-corrected chi connectivity index (χ4v) is 3.32. The minimum absolute atomic E-state index is 0.115. The molecule has 0 saturated carbocycles. The predicted octanol–water partition coefficient (Wildman–Crippen LogP) is 3.09. The molecule has 0 unspecified atom stereocenters. The maximum absolute atomic E-state index is 13.1. The van der Waals surface area contributed by atoms with Crippen molar-refractivity contribution in [1.29, 1.82) is 0 Å². The Morgan fingerprint density at radius 3 is 2.59 bits per heavy atom. The van der Waals surface area contributed by atoms with E-state index in [2.05, 4.69) is 20.2 Å². The third-order valence-corrected chi connectivity index (χ3v) is 4.83. The van der Waals surface area contributed by atoms with Crippen LogP contribution >= 0.6 is 0 Å². The summed E-state index contributed by atoms with van der Waals surface area (Å²) in [6.07, 6.45) is 1.61. The van der Waals surface area contributed by atoms with Crippen molar-refractivity contribution >= 4 is 17.5 Å². The van der Waals surface area contributed by atoms with Crippen molar-refractivity contribution in [2.24, 2.45) is 0 Å². The molecule has 150 valence electrons. The molecule has 7 nitrogen and oxygen atoms in total. The number of rotatable bonds is 5. The Hall–Kier alpha value is -3.42. The highest BCUT2D eigenvalue weighted by Crippen LogP contribution is 2.18. The molecule has 29 heavy (non-hydrogen) atoms. The van der Waals surface area contributed by atoms with Crippen LogP contribution in [0.3, 0.4) is 0 Å². The van der Waals surface area contributed by atoms with Gasteiger partial charge in [-0.25, -0.2) is 14.4 Å². The molecule has 0 spiro atoms. The largest absolute Gasteiger partial charge is 0.467 e. The molecule has 0 radical (unpaired) electrons. The van der Waals surface area contributed by atoms with E-state index < -0.39 is 0 Å². The van der Waals surface area contributed by atoms with Gasteiger partial charge >= 0.3 is 0 Å². The van der Waals surface area contributed by atoms with Crippen molar-refractivity contribution in [3.8, 4) is 0 Å². The lowest BCUT2D eigenvalue weighted by Crippen LogP contribution is -2.49. The second-order valence-electron chi connectivity index (χ2n) is 6.91. The van der Waals surface area contributed by atoms with Crippen molar-refractivity contribution in [2.45, 2.75) is 13.5 Å². The summed E-state index contributed by atoms with van der Waals surface area (Å²) in [6.45, 7) is 4.81. The smallest absolute Gasteiger partial charge is 0.272 e. The van der Waals surface area contributed by atoms with Crippen molar-refractivity contribution in [1.82, 2.24) is 14.9 Å². The number of carbonyl (C=O) groups is 1. The Bertz CT molecular complexity index is 967. The number of benzene rings is 1. The van der Waals surface area contributed by atoms with Gasteiger partial charge < -0.3 is 19.5 Å². The van der Waals surface area contributed by atoms with Gasteiger partial charge in [0, 0.05) is 37.6 Å². The van der Waals surface area contributed by atoms with Gasteiger partial charge in [0.05, 0.1) is 12.8 Å². The number of aromatic nitrogens is 2. The maximum Gasteiger partial charge on any atom is 0.272 e. The van der Waals surface area contributed by atoms with E-state index in [4.69, 9.17) is 4.42 Å². The van der Waals surface area contributed by atoms with Crippen LogP contribution in [0.5, 0.6) is 0 Å². The van der Waals surface area contributed by atoms with Crippen LogP contribution in [0.1, 0.15) is 21.9 Å². The SMILES string of the molecule is Cc1cc(C(=O)N2CCN(c3ccc(F)cc3)CC2)nc(NCc2ccco2)n1. The van der Waals surface area contributed by atoms with E-state index in [9.17, 15) is 9.18 Å². The first-order chi connectivity index (χ1) is 14.1. The van der Waals surface area contributed by atoms with Gasteiger partial charge in [0.25, 0.3) is 5.91 Å². The topological polar surface area (TPSA) is 74.5 Å². The number of aryl methyl sites for hydroxylation is 1. The first-order valence-electron chi connectivity index (χ1n) is 9.50. The fraction of sp³-hybridized carbons (Fsp3) is 0.286. The second-order valence-corrected chi connectivity index (χ2v) is 6.91. The molecule has 4 rings (SSSR count). The molecule has 3 heterocycles. The highest BCUT2D eigenvalue weighted by Gasteiger charge is 2.24. The lowest BCUT2D eigenvalue weighted by molar-refractivity contribution is 0.0740. The maximum atomic E-state index is 13.1. The zero-order valence-corrected chi connectivity index (χ0v) is 16.1. The molecule has 1 aromatic carbocycles. The molecular formula is C21H22FN5O2. The Balaban J connectivity index is 1.39. The highest BCUT2D eigenvalue weighted by molar-refractivity contribution is 5.92. The first-order valence-corrected chi connectivity index (χ1v) is 9.50. The number of halogens is 1. The molecule has 1 saturated heterocycles. The van der Waals surface area contributed by atoms with Crippen LogP contribution in [0.2, 0.25) is 0 Å². The van der Waals surface area contributed by atoms with E-state index in [-0.39, 0.29) is 11.7 Å². The van der Waals surface area contributed by atoms with E-state index >= 15 is 0 Å². The van der Waals surface area contributed by atoms with Crippen LogP contribution < -0.4 is 10.2 Å². The Kier molecular flexibility index (Phi) is 5.41. The molecule has 0 bridgehead atoms. The second kappa shape index (κ2) is 8.30. The monoisotopic (exact) mass is 395 g/mol. The molecule has 1 fully saturated rings. The van der Waals surface area contributed by atoms with Crippen LogP contribution in [0.25, 0.3) is 0 Å². The lowest BCUT2D eigenvalue weighted by Gasteiger charge is -2.36. The van der Waals surface area contributed by atoms with Crippen molar-refractivity contribution in [2.75, 3.05) is 36.4 Å². The lowest BCUT2D eigenvalue weighted by atomic mass is 10.2. The van der Waals surface area contributed by atoms with Crippen LogP contribution in [-0.2, 0) is 6.54 Å². The van der Waals surface area contributed by atoms with Crippen LogP contribution in [0.15, 0.2) is 53.1 Å². The third kappa shape index (κ3) is 4.53. The van der Waals surface area contributed by atoms with Crippen LogP contribution in [-0.4, -0.2) is 47.0 Å². The molecule has 8 heteroatoms. The Morgan fingerprint density at radius 2 is 1.90 bits per heavy atom. The molecule has 1 amide bonds. The summed E-state index contributed by atoms with van der Waals surface area (Å²) in [5, 5.41) is 3.09. The molecule has 1 N–H and O–H groups in total. The van der Waals surface area contributed by atoms with E-state index in [1.807, 2.05) is 19.1 Å². The van der Waals surface area contributed by atoms with E-state index in [1.165, 1.54) is 12.1 Å². The summed E-state index contributed by atoms with van der Waals surface area (Å²) in [5.41, 5.74) is 2.05. The number of nitrogens with zero attached hydrogens (tertiary/aromatic N) is 4. The minimum Gasteiger partial charge on any atom is -0.467 e. The number of hydrogen-bond donors (Lipinski definition) is 1.